The van der Waals surface area contributed by atoms with Gasteiger partial charge in [0.15, 0.2) is 5.96 Å². The second kappa shape index (κ2) is 5.90. The standard InChI is InChI=1S/C16H20N4/c17-16(20-14-8-1-2-9-14)19-11-13-6-3-5-12-7-4-10-18-15(12)13/h3-7,10,14H,1-2,8-9,11H2,(H3,17,19,20). The lowest BCUT2D eigenvalue weighted by Gasteiger charge is -2.12. The number of para-hydroxylation sites is 1. The van der Waals surface area contributed by atoms with Gasteiger partial charge in [0.1, 0.15) is 0 Å². The van der Waals surface area contributed by atoms with E-state index in [1.165, 1.54) is 25.7 Å². The Morgan fingerprint density at radius 1 is 1.25 bits per heavy atom. The van der Waals surface area contributed by atoms with Crippen molar-refractivity contribution in [1.82, 2.24) is 10.3 Å². The average Bonchev–Trinajstić information content (AvgIpc) is 2.98. The van der Waals surface area contributed by atoms with Gasteiger partial charge in [0, 0.05) is 17.6 Å². The third-order valence-corrected chi connectivity index (χ3v) is 3.84. The lowest BCUT2D eigenvalue weighted by atomic mass is 10.1. The van der Waals surface area contributed by atoms with E-state index in [9.17, 15) is 0 Å². The Kier molecular flexibility index (Phi) is 3.81. The third kappa shape index (κ3) is 2.90. The van der Waals surface area contributed by atoms with Crippen molar-refractivity contribution in [2.75, 3.05) is 0 Å². The van der Waals surface area contributed by atoms with Crippen LogP contribution in [0.1, 0.15) is 31.2 Å². The molecule has 1 aliphatic rings. The first-order valence-electron chi connectivity index (χ1n) is 7.22. The van der Waals surface area contributed by atoms with E-state index < -0.39 is 0 Å². The number of hydrogen-bond donors (Lipinski definition) is 2. The van der Waals surface area contributed by atoms with Gasteiger partial charge in [-0.1, -0.05) is 37.1 Å². The zero-order chi connectivity index (χ0) is 13.8. The van der Waals surface area contributed by atoms with Gasteiger partial charge in [-0.25, -0.2) is 4.99 Å². The molecule has 0 unspecified atom stereocenters. The topological polar surface area (TPSA) is 63.3 Å². The molecule has 0 amide bonds. The molecule has 1 heterocycles. The second-order valence-electron chi connectivity index (χ2n) is 5.32. The molecule has 4 heteroatoms. The molecule has 20 heavy (non-hydrogen) atoms. The van der Waals surface area contributed by atoms with Crippen molar-refractivity contribution in [1.29, 1.82) is 0 Å². The van der Waals surface area contributed by atoms with Crippen LogP contribution in [0.5, 0.6) is 0 Å². The van der Waals surface area contributed by atoms with Crippen LogP contribution in [-0.4, -0.2) is 17.0 Å². The molecule has 4 nitrogen and oxygen atoms in total. The van der Waals surface area contributed by atoms with Crippen LogP contribution >= 0.6 is 0 Å². The summed E-state index contributed by atoms with van der Waals surface area (Å²) >= 11 is 0. The normalized spacial score (nSPS) is 16.7. The van der Waals surface area contributed by atoms with Crippen LogP contribution in [0.25, 0.3) is 10.9 Å². The number of pyridine rings is 1. The number of nitrogens with zero attached hydrogens (tertiary/aromatic N) is 2. The van der Waals surface area contributed by atoms with E-state index in [-0.39, 0.29) is 0 Å². The van der Waals surface area contributed by atoms with Crippen molar-refractivity contribution in [2.45, 2.75) is 38.3 Å². The van der Waals surface area contributed by atoms with E-state index in [1.54, 1.807) is 0 Å². The molecule has 1 aromatic carbocycles. The predicted octanol–water partition coefficient (Wildman–Crippen LogP) is 2.58. The predicted molar refractivity (Wildman–Crippen MR) is 82.5 cm³/mol. The molecule has 2 aromatic rings. The Labute approximate surface area is 119 Å². The monoisotopic (exact) mass is 268 g/mol. The zero-order valence-corrected chi connectivity index (χ0v) is 11.5. The van der Waals surface area contributed by atoms with Crippen LogP contribution in [0.3, 0.4) is 0 Å². The SMILES string of the molecule is NC(=NCc1cccc2cccnc12)NC1CCCC1. The molecule has 3 rings (SSSR count). The van der Waals surface area contributed by atoms with Crippen molar-refractivity contribution >= 4 is 16.9 Å². The number of guanidine groups is 1. The number of aromatic nitrogens is 1. The maximum absolute atomic E-state index is 5.96. The van der Waals surface area contributed by atoms with Gasteiger partial charge in [-0.2, -0.15) is 0 Å². The first kappa shape index (κ1) is 12.9. The summed E-state index contributed by atoms with van der Waals surface area (Å²) in [5.41, 5.74) is 8.08. The number of fused-ring (bicyclic) bond motifs is 1. The highest BCUT2D eigenvalue weighted by Crippen LogP contribution is 2.18. The maximum atomic E-state index is 5.96. The number of rotatable bonds is 3. The van der Waals surface area contributed by atoms with Crippen molar-refractivity contribution < 1.29 is 0 Å². The van der Waals surface area contributed by atoms with Gasteiger partial charge in [0.25, 0.3) is 0 Å². The number of aliphatic imine (C=N–C) groups is 1. The Bertz CT molecular complexity index is 609. The van der Waals surface area contributed by atoms with E-state index in [0.717, 1.165) is 16.5 Å². The molecule has 0 radical (unpaired) electrons. The van der Waals surface area contributed by atoms with Gasteiger partial charge in [0.05, 0.1) is 12.1 Å². The third-order valence-electron chi connectivity index (χ3n) is 3.84. The molecule has 104 valence electrons. The highest BCUT2D eigenvalue weighted by molar-refractivity contribution is 5.82. The quantitative estimate of drug-likeness (QED) is 0.664. The fourth-order valence-corrected chi connectivity index (χ4v) is 2.79. The largest absolute Gasteiger partial charge is 0.370 e. The number of nitrogens with one attached hydrogen (secondary N) is 1. The van der Waals surface area contributed by atoms with E-state index >= 15 is 0 Å². The minimum absolute atomic E-state index is 0.504. The summed E-state index contributed by atoms with van der Waals surface area (Å²) < 4.78 is 0. The smallest absolute Gasteiger partial charge is 0.189 e. The van der Waals surface area contributed by atoms with Crippen LogP contribution in [0.4, 0.5) is 0 Å². The Morgan fingerprint density at radius 3 is 2.90 bits per heavy atom. The van der Waals surface area contributed by atoms with E-state index in [4.69, 9.17) is 5.73 Å². The highest BCUT2D eigenvalue weighted by Gasteiger charge is 2.14. The second-order valence-corrected chi connectivity index (χ2v) is 5.32. The molecule has 1 aromatic heterocycles. The lowest BCUT2D eigenvalue weighted by molar-refractivity contribution is 0.625. The molecule has 1 fully saturated rings. The molecule has 0 saturated heterocycles. The fourth-order valence-electron chi connectivity index (χ4n) is 2.79. The van der Waals surface area contributed by atoms with Crippen LogP contribution in [0.2, 0.25) is 0 Å². The molecule has 0 bridgehead atoms. The summed E-state index contributed by atoms with van der Waals surface area (Å²) in [5, 5.41) is 4.45. The van der Waals surface area contributed by atoms with Gasteiger partial charge in [-0.05, 0) is 24.5 Å². The molecule has 3 N–H and O–H groups in total. The molecule has 0 spiro atoms. The van der Waals surface area contributed by atoms with Gasteiger partial charge < -0.3 is 11.1 Å². The first-order valence-corrected chi connectivity index (χ1v) is 7.22. The Hall–Kier alpha value is -2.10. The molecular formula is C16H20N4. The van der Waals surface area contributed by atoms with Crippen molar-refractivity contribution in [3.05, 3.63) is 42.1 Å². The van der Waals surface area contributed by atoms with E-state index in [2.05, 4.69) is 33.5 Å². The minimum atomic E-state index is 0.504. The summed E-state index contributed by atoms with van der Waals surface area (Å²) in [6.45, 7) is 0.569. The van der Waals surface area contributed by atoms with E-state index in [0.29, 0.717) is 18.5 Å². The first-order chi connectivity index (χ1) is 9.83. The number of nitrogens with two attached hydrogens (primary N) is 1. The van der Waals surface area contributed by atoms with Crippen molar-refractivity contribution in [3.63, 3.8) is 0 Å². The molecular weight excluding hydrogens is 248 g/mol. The molecule has 0 atom stereocenters. The molecule has 1 aliphatic carbocycles. The number of benzene rings is 1. The Morgan fingerprint density at radius 2 is 2.05 bits per heavy atom. The lowest BCUT2D eigenvalue weighted by Crippen LogP contribution is -2.38. The van der Waals surface area contributed by atoms with Crippen LogP contribution in [-0.2, 0) is 6.54 Å². The maximum Gasteiger partial charge on any atom is 0.189 e. The fraction of sp³-hybridized carbons (Fsp3) is 0.375. The highest BCUT2D eigenvalue weighted by atomic mass is 15.1. The Balaban J connectivity index is 1.72. The van der Waals surface area contributed by atoms with Crippen molar-refractivity contribution in [2.24, 2.45) is 10.7 Å². The molecule has 1 saturated carbocycles. The average molecular weight is 268 g/mol. The van der Waals surface area contributed by atoms with Crippen LogP contribution in [0, 0.1) is 0 Å². The molecule has 0 aliphatic heterocycles. The summed E-state index contributed by atoms with van der Waals surface area (Å²) in [5.74, 6) is 0.546. The minimum Gasteiger partial charge on any atom is -0.370 e. The number of hydrogen-bond acceptors (Lipinski definition) is 2. The summed E-state index contributed by atoms with van der Waals surface area (Å²) in [4.78, 5) is 8.88. The van der Waals surface area contributed by atoms with Gasteiger partial charge in [-0.3, -0.25) is 4.98 Å². The summed E-state index contributed by atoms with van der Waals surface area (Å²) in [7, 11) is 0. The summed E-state index contributed by atoms with van der Waals surface area (Å²) in [6, 6.07) is 10.7. The van der Waals surface area contributed by atoms with Gasteiger partial charge in [-0.15, -0.1) is 0 Å². The van der Waals surface area contributed by atoms with Gasteiger partial charge >= 0.3 is 0 Å². The zero-order valence-electron chi connectivity index (χ0n) is 11.5. The van der Waals surface area contributed by atoms with E-state index in [1.807, 2.05) is 18.3 Å². The van der Waals surface area contributed by atoms with Crippen LogP contribution < -0.4 is 11.1 Å². The van der Waals surface area contributed by atoms with Crippen LogP contribution in [0.15, 0.2) is 41.5 Å². The van der Waals surface area contributed by atoms with Crippen molar-refractivity contribution in [3.8, 4) is 0 Å². The summed E-state index contributed by atoms with van der Waals surface area (Å²) in [6.07, 6.45) is 6.80. The van der Waals surface area contributed by atoms with Gasteiger partial charge in [0.2, 0.25) is 0 Å².